The summed E-state index contributed by atoms with van der Waals surface area (Å²) in [6.45, 7) is 3.79. The largest absolute Gasteiger partial charge is 0.478 e. The quantitative estimate of drug-likeness (QED) is 0.871. The van der Waals surface area contributed by atoms with Crippen molar-refractivity contribution in [3.8, 4) is 0 Å². The summed E-state index contributed by atoms with van der Waals surface area (Å²) in [6.07, 6.45) is -3.34. The van der Waals surface area contributed by atoms with Crippen LogP contribution in [0.15, 0.2) is 12.4 Å². The Morgan fingerprint density at radius 1 is 1.35 bits per heavy atom. The van der Waals surface area contributed by atoms with Gasteiger partial charge < -0.3 is 15.0 Å². The van der Waals surface area contributed by atoms with Gasteiger partial charge in [0.2, 0.25) is 5.91 Å². The van der Waals surface area contributed by atoms with E-state index < -0.39 is 29.2 Å². The van der Waals surface area contributed by atoms with Gasteiger partial charge in [-0.3, -0.25) is 4.79 Å². The highest BCUT2D eigenvalue weighted by Crippen LogP contribution is 2.32. The highest BCUT2D eigenvalue weighted by molar-refractivity contribution is 5.89. The van der Waals surface area contributed by atoms with Crippen LogP contribution in [0.5, 0.6) is 0 Å². The molecule has 0 spiro atoms. The Morgan fingerprint density at radius 3 is 2.35 bits per heavy atom. The van der Waals surface area contributed by atoms with Gasteiger partial charge in [0, 0.05) is 18.9 Å². The molecule has 0 aromatic carbocycles. The number of hydrogen-bond donors (Lipinski definition) is 2. The Kier molecular flexibility index (Phi) is 4.80. The van der Waals surface area contributed by atoms with Crippen molar-refractivity contribution >= 4 is 11.9 Å². The normalized spacial score (nSPS) is 11.7. The number of alkyl halides is 3. The maximum atomic E-state index is 12.6. The number of hydrogen-bond acceptors (Lipinski definition) is 2. The summed E-state index contributed by atoms with van der Waals surface area (Å²) in [5.41, 5.74) is -2.13. The number of carboxylic acid groups (broad SMARTS) is 1. The predicted octanol–water partition coefficient (Wildman–Crippen LogP) is 1.98. The lowest BCUT2D eigenvalue weighted by Gasteiger charge is -2.08. The number of carbonyl (C=O) groups is 2. The average molecular weight is 292 g/mol. The van der Waals surface area contributed by atoms with Crippen LogP contribution >= 0.6 is 0 Å². The molecule has 1 rings (SSSR count). The van der Waals surface area contributed by atoms with Gasteiger partial charge in [-0.2, -0.15) is 13.2 Å². The first-order valence-corrected chi connectivity index (χ1v) is 5.88. The first-order valence-electron chi connectivity index (χ1n) is 5.88. The number of nitrogens with one attached hydrogen (secondary N) is 1. The maximum absolute atomic E-state index is 12.6. The number of aromatic nitrogens is 1. The molecule has 0 aliphatic rings. The van der Waals surface area contributed by atoms with Gasteiger partial charge in [0.15, 0.2) is 0 Å². The van der Waals surface area contributed by atoms with Gasteiger partial charge in [-0.15, -0.1) is 0 Å². The van der Waals surface area contributed by atoms with Crippen LogP contribution < -0.4 is 5.32 Å². The minimum Gasteiger partial charge on any atom is -0.478 e. The van der Waals surface area contributed by atoms with E-state index in [1.165, 1.54) is 0 Å². The summed E-state index contributed by atoms with van der Waals surface area (Å²) in [6, 6.07) is 0. The lowest BCUT2D eigenvalue weighted by molar-refractivity contribution is -0.138. The zero-order chi connectivity index (χ0) is 15.5. The first kappa shape index (κ1) is 16.1. The SMILES string of the molecule is CC(C)CNC(=O)Cn1cc(C(=O)O)c(C(F)(F)F)c1. The summed E-state index contributed by atoms with van der Waals surface area (Å²) in [7, 11) is 0. The summed E-state index contributed by atoms with van der Waals surface area (Å²) >= 11 is 0. The summed E-state index contributed by atoms with van der Waals surface area (Å²) < 4.78 is 38.8. The van der Waals surface area contributed by atoms with Crippen molar-refractivity contribution in [1.29, 1.82) is 0 Å². The Hall–Kier alpha value is -1.99. The smallest absolute Gasteiger partial charge is 0.418 e. The molecule has 5 nitrogen and oxygen atoms in total. The fraction of sp³-hybridized carbons (Fsp3) is 0.500. The second-order valence-corrected chi connectivity index (χ2v) is 4.76. The lowest BCUT2D eigenvalue weighted by atomic mass is 10.2. The zero-order valence-electron chi connectivity index (χ0n) is 11.0. The number of amides is 1. The molecule has 0 fully saturated rings. The van der Waals surface area contributed by atoms with Gasteiger partial charge in [-0.1, -0.05) is 13.8 Å². The molecule has 8 heteroatoms. The molecule has 2 N–H and O–H groups in total. The number of carbonyl (C=O) groups excluding carboxylic acids is 1. The van der Waals surface area contributed by atoms with Crippen molar-refractivity contribution < 1.29 is 27.9 Å². The number of halogens is 3. The van der Waals surface area contributed by atoms with Crippen LogP contribution in [-0.2, 0) is 17.5 Å². The van der Waals surface area contributed by atoms with E-state index >= 15 is 0 Å². The topological polar surface area (TPSA) is 71.3 Å². The van der Waals surface area contributed by atoms with Crippen LogP contribution in [0.2, 0.25) is 0 Å². The van der Waals surface area contributed by atoms with E-state index in [1.54, 1.807) is 0 Å². The number of rotatable bonds is 5. The van der Waals surface area contributed by atoms with E-state index in [4.69, 9.17) is 5.11 Å². The highest BCUT2D eigenvalue weighted by atomic mass is 19.4. The van der Waals surface area contributed by atoms with E-state index in [0.29, 0.717) is 12.7 Å². The van der Waals surface area contributed by atoms with Gasteiger partial charge in [-0.05, 0) is 5.92 Å². The molecule has 1 heterocycles. The number of carboxylic acids is 1. The van der Waals surface area contributed by atoms with Crippen LogP contribution in [0.25, 0.3) is 0 Å². The molecule has 0 saturated heterocycles. The molecular formula is C12H15F3N2O3. The molecule has 1 aromatic heterocycles. The van der Waals surface area contributed by atoms with E-state index in [0.717, 1.165) is 10.8 Å². The molecule has 1 aromatic rings. The van der Waals surface area contributed by atoms with Crippen molar-refractivity contribution in [1.82, 2.24) is 9.88 Å². The summed E-state index contributed by atoms with van der Waals surface area (Å²) in [5, 5.41) is 11.3. The first-order chi connectivity index (χ1) is 9.11. The van der Waals surface area contributed by atoms with Crippen LogP contribution in [-0.4, -0.2) is 28.1 Å². The minimum atomic E-state index is -4.77. The van der Waals surface area contributed by atoms with E-state index in [9.17, 15) is 22.8 Å². The van der Waals surface area contributed by atoms with Crippen LogP contribution in [0.3, 0.4) is 0 Å². The summed E-state index contributed by atoms with van der Waals surface area (Å²) in [4.78, 5) is 22.3. The Labute approximate surface area is 113 Å². The summed E-state index contributed by atoms with van der Waals surface area (Å²) in [5.74, 6) is -1.94. The Balaban J connectivity index is 2.87. The van der Waals surface area contributed by atoms with Gasteiger partial charge in [0.25, 0.3) is 0 Å². The maximum Gasteiger partial charge on any atom is 0.418 e. The second-order valence-electron chi connectivity index (χ2n) is 4.76. The Morgan fingerprint density at radius 2 is 1.95 bits per heavy atom. The molecule has 0 radical (unpaired) electrons. The minimum absolute atomic E-state index is 0.212. The molecule has 0 bridgehead atoms. The van der Waals surface area contributed by atoms with Crippen LogP contribution in [0.1, 0.15) is 29.8 Å². The van der Waals surface area contributed by atoms with Crippen molar-refractivity contribution in [3.63, 3.8) is 0 Å². The monoisotopic (exact) mass is 292 g/mol. The van der Waals surface area contributed by atoms with E-state index in [2.05, 4.69) is 5.32 Å². The molecule has 0 saturated carbocycles. The van der Waals surface area contributed by atoms with Crippen LogP contribution in [0, 0.1) is 5.92 Å². The van der Waals surface area contributed by atoms with Gasteiger partial charge in [-0.25, -0.2) is 4.79 Å². The number of aromatic carboxylic acids is 1. The number of nitrogens with zero attached hydrogens (tertiary/aromatic N) is 1. The highest BCUT2D eigenvalue weighted by Gasteiger charge is 2.37. The Bertz CT molecular complexity index is 507. The van der Waals surface area contributed by atoms with Crippen molar-refractivity contribution in [3.05, 3.63) is 23.5 Å². The third kappa shape index (κ3) is 4.29. The molecular weight excluding hydrogens is 277 g/mol. The third-order valence-corrected chi connectivity index (χ3v) is 2.45. The van der Waals surface area contributed by atoms with E-state index in [-0.39, 0.29) is 12.5 Å². The zero-order valence-corrected chi connectivity index (χ0v) is 11.0. The molecule has 20 heavy (non-hydrogen) atoms. The van der Waals surface area contributed by atoms with E-state index in [1.807, 2.05) is 13.8 Å². The standard InChI is InChI=1S/C12H15F3N2O3/c1-7(2)3-16-10(18)6-17-4-8(11(19)20)9(5-17)12(13,14)15/h4-5,7H,3,6H2,1-2H3,(H,16,18)(H,19,20). The third-order valence-electron chi connectivity index (χ3n) is 2.45. The fourth-order valence-corrected chi connectivity index (χ4v) is 1.54. The molecule has 112 valence electrons. The molecule has 0 aliphatic heterocycles. The van der Waals surface area contributed by atoms with Crippen molar-refractivity contribution in [2.24, 2.45) is 5.92 Å². The predicted molar refractivity (Wildman–Crippen MR) is 64.2 cm³/mol. The van der Waals surface area contributed by atoms with Gasteiger partial charge >= 0.3 is 12.1 Å². The molecule has 1 amide bonds. The average Bonchev–Trinajstić information content (AvgIpc) is 2.70. The molecule has 0 unspecified atom stereocenters. The van der Waals surface area contributed by atoms with Gasteiger partial charge in [0.05, 0.1) is 11.1 Å². The second kappa shape index (κ2) is 5.98. The van der Waals surface area contributed by atoms with Crippen LogP contribution in [0.4, 0.5) is 13.2 Å². The lowest BCUT2D eigenvalue weighted by Crippen LogP contribution is -2.30. The van der Waals surface area contributed by atoms with Gasteiger partial charge in [0.1, 0.15) is 6.54 Å². The van der Waals surface area contributed by atoms with Crippen molar-refractivity contribution in [2.75, 3.05) is 6.54 Å². The fourth-order valence-electron chi connectivity index (χ4n) is 1.54. The van der Waals surface area contributed by atoms with Crippen molar-refractivity contribution in [2.45, 2.75) is 26.6 Å². The molecule has 0 aliphatic carbocycles. The molecule has 0 atom stereocenters.